The predicted octanol–water partition coefficient (Wildman–Crippen LogP) is 1.79. The number of pyridine rings is 1. The van der Waals surface area contributed by atoms with Gasteiger partial charge in [-0.3, -0.25) is 4.98 Å². The largest absolute Gasteiger partial charge is 0.489 e. The van der Waals surface area contributed by atoms with Crippen LogP contribution < -0.4 is 4.74 Å². The van der Waals surface area contributed by atoms with Crippen molar-refractivity contribution in [2.75, 3.05) is 6.61 Å². The first-order chi connectivity index (χ1) is 6.51. The van der Waals surface area contributed by atoms with E-state index in [9.17, 15) is 5.11 Å². The van der Waals surface area contributed by atoms with E-state index in [1.807, 2.05) is 12.1 Å². The number of aromatic nitrogens is 1. The first-order valence-electron chi connectivity index (χ1n) is 4.81. The fourth-order valence-electron chi connectivity index (χ4n) is 0.965. The van der Waals surface area contributed by atoms with Crippen molar-refractivity contribution in [2.24, 2.45) is 0 Å². The Morgan fingerprint density at radius 2 is 2.14 bits per heavy atom. The molecule has 3 nitrogen and oxygen atoms in total. The zero-order valence-electron chi connectivity index (χ0n) is 8.95. The highest BCUT2D eigenvalue weighted by Gasteiger charge is 2.13. The van der Waals surface area contributed by atoms with E-state index >= 15 is 0 Å². The Bertz CT molecular complexity index is 274. The molecule has 1 aromatic rings. The fraction of sp³-hybridized carbons (Fsp3) is 0.545. The van der Waals surface area contributed by atoms with E-state index in [-0.39, 0.29) is 6.61 Å². The molecule has 14 heavy (non-hydrogen) atoms. The molecule has 0 amide bonds. The van der Waals surface area contributed by atoms with E-state index < -0.39 is 5.60 Å². The molecule has 78 valence electrons. The van der Waals surface area contributed by atoms with Gasteiger partial charge in [0.2, 0.25) is 0 Å². The summed E-state index contributed by atoms with van der Waals surface area (Å²) in [6.45, 7) is 5.75. The third-order valence-electron chi connectivity index (χ3n) is 1.75. The van der Waals surface area contributed by atoms with Gasteiger partial charge < -0.3 is 9.84 Å². The third-order valence-corrected chi connectivity index (χ3v) is 1.75. The summed E-state index contributed by atoms with van der Waals surface area (Å²) in [4.78, 5) is 4.19. The standard InChI is InChI=1S/C11H17NO2/c1-4-9-5-6-10(7-12-9)14-8-11(2,3)13/h5-7,13H,4,8H2,1-3H3. The highest BCUT2D eigenvalue weighted by molar-refractivity contribution is 5.19. The average molecular weight is 195 g/mol. The minimum atomic E-state index is -0.802. The SMILES string of the molecule is CCc1ccc(OCC(C)(C)O)cn1. The van der Waals surface area contributed by atoms with Crippen molar-refractivity contribution in [3.05, 3.63) is 24.0 Å². The van der Waals surface area contributed by atoms with Crippen LogP contribution >= 0.6 is 0 Å². The van der Waals surface area contributed by atoms with Gasteiger partial charge in [0.15, 0.2) is 0 Å². The molecule has 0 saturated heterocycles. The van der Waals surface area contributed by atoms with Crippen molar-refractivity contribution in [2.45, 2.75) is 32.8 Å². The van der Waals surface area contributed by atoms with Crippen molar-refractivity contribution >= 4 is 0 Å². The zero-order valence-corrected chi connectivity index (χ0v) is 8.95. The molecule has 0 saturated carbocycles. The molecule has 0 unspecified atom stereocenters. The molecule has 1 rings (SSSR count). The zero-order chi connectivity index (χ0) is 10.6. The summed E-state index contributed by atoms with van der Waals surface area (Å²) in [5, 5.41) is 9.43. The highest BCUT2D eigenvalue weighted by atomic mass is 16.5. The van der Waals surface area contributed by atoms with E-state index in [2.05, 4.69) is 11.9 Å². The summed E-state index contributed by atoms with van der Waals surface area (Å²) in [6.07, 6.45) is 2.61. The highest BCUT2D eigenvalue weighted by Crippen LogP contribution is 2.11. The minimum absolute atomic E-state index is 0.278. The van der Waals surface area contributed by atoms with Crippen LogP contribution in [0.2, 0.25) is 0 Å². The summed E-state index contributed by atoms with van der Waals surface area (Å²) >= 11 is 0. The van der Waals surface area contributed by atoms with Crippen molar-refractivity contribution in [1.82, 2.24) is 4.98 Å². The minimum Gasteiger partial charge on any atom is -0.489 e. The Kier molecular flexibility index (Phi) is 3.47. The molecule has 0 atom stereocenters. The van der Waals surface area contributed by atoms with Gasteiger partial charge in [-0.1, -0.05) is 6.92 Å². The van der Waals surface area contributed by atoms with Gasteiger partial charge in [0.1, 0.15) is 12.4 Å². The lowest BCUT2D eigenvalue weighted by molar-refractivity contribution is 0.0283. The monoisotopic (exact) mass is 195 g/mol. The van der Waals surface area contributed by atoms with E-state index in [0.29, 0.717) is 5.75 Å². The number of aliphatic hydroxyl groups is 1. The van der Waals surface area contributed by atoms with Crippen molar-refractivity contribution in [3.8, 4) is 5.75 Å². The topological polar surface area (TPSA) is 42.4 Å². The molecule has 1 heterocycles. The second kappa shape index (κ2) is 4.42. The lowest BCUT2D eigenvalue weighted by Crippen LogP contribution is -2.27. The second-order valence-electron chi connectivity index (χ2n) is 3.94. The summed E-state index contributed by atoms with van der Waals surface area (Å²) in [6, 6.07) is 3.80. The van der Waals surface area contributed by atoms with Gasteiger partial charge in [-0.25, -0.2) is 0 Å². The Morgan fingerprint density at radius 1 is 1.43 bits per heavy atom. The molecule has 0 fully saturated rings. The number of hydrogen-bond donors (Lipinski definition) is 1. The van der Waals surface area contributed by atoms with Crippen LogP contribution in [-0.4, -0.2) is 22.3 Å². The molecule has 3 heteroatoms. The van der Waals surface area contributed by atoms with Gasteiger partial charge in [0, 0.05) is 5.69 Å². The summed E-state index contributed by atoms with van der Waals surface area (Å²) in [5.41, 5.74) is 0.240. The predicted molar refractivity (Wildman–Crippen MR) is 55.4 cm³/mol. The van der Waals surface area contributed by atoms with Crippen LogP contribution in [0.3, 0.4) is 0 Å². The number of aryl methyl sites for hydroxylation is 1. The van der Waals surface area contributed by atoms with Gasteiger partial charge in [-0.05, 0) is 32.4 Å². The van der Waals surface area contributed by atoms with Gasteiger partial charge in [-0.2, -0.15) is 0 Å². The Morgan fingerprint density at radius 3 is 2.57 bits per heavy atom. The lowest BCUT2D eigenvalue weighted by atomic mass is 10.2. The number of ether oxygens (including phenoxy) is 1. The molecule has 0 radical (unpaired) electrons. The van der Waals surface area contributed by atoms with Gasteiger partial charge >= 0.3 is 0 Å². The first-order valence-corrected chi connectivity index (χ1v) is 4.81. The lowest BCUT2D eigenvalue weighted by Gasteiger charge is -2.17. The average Bonchev–Trinajstić information content (AvgIpc) is 2.14. The number of nitrogens with zero attached hydrogens (tertiary/aromatic N) is 1. The fourth-order valence-corrected chi connectivity index (χ4v) is 0.965. The molecular weight excluding hydrogens is 178 g/mol. The maximum atomic E-state index is 9.43. The van der Waals surface area contributed by atoms with Gasteiger partial charge in [0.05, 0.1) is 11.8 Å². The molecule has 1 N–H and O–H groups in total. The van der Waals surface area contributed by atoms with Crippen molar-refractivity contribution in [1.29, 1.82) is 0 Å². The van der Waals surface area contributed by atoms with E-state index in [1.54, 1.807) is 20.0 Å². The summed E-state index contributed by atoms with van der Waals surface area (Å²) in [7, 11) is 0. The van der Waals surface area contributed by atoms with Crippen molar-refractivity contribution in [3.63, 3.8) is 0 Å². The molecular formula is C11H17NO2. The Balaban J connectivity index is 2.52. The molecule has 0 aliphatic carbocycles. The maximum absolute atomic E-state index is 9.43. The van der Waals surface area contributed by atoms with Crippen LogP contribution in [0.25, 0.3) is 0 Å². The Labute approximate surface area is 84.7 Å². The molecule has 0 aromatic carbocycles. The molecule has 0 aliphatic heterocycles. The van der Waals surface area contributed by atoms with Gasteiger partial charge in [0.25, 0.3) is 0 Å². The third kappa shape index (κ3) is 3.75. The first kappa shape index (κ1) is 11.0. The quantitative estimate of drug-likeness (QED) is 0.796. The van der Waals surface area contributed by atoms with Crippen LogP contribution in [0.15, 0.2) is 18.3 Å². The maximum Gasteiger partial charge on any atom is 0.137 e. The van der Waals surface area contributed by atoms with Crippen LogP contribution in [-0.2, 0) is 6.42 Å². The number of rotatable bonds is 4. The van der Waals surface area contributed by atoms with Crippen LogP contribution in [0.1, 0.15) is 26.5 Å². The molecule has 0 aliphatic rings. The Hall–Kier alpha value is -1.09. The second-order valence-corrected chi connectivity index (χ2v) is 3.94. The summed E-state index contributed by atoms with van der Waals surface area (Å²) < 4.78 is 5.36. The van der Waals surface area contributed by atoms with E-state index in [0.717, 1.165) is 12.1 Å². The van der Waals surface area contributed by atoms with Crippen LogP contribution in [0, 0.1) is 0 Å². The molecule has 0 bridgehead atoms. The summed E-state index contributed by atoms with van der Waals surface area (Å²) in [5.74, 6) is 0.698. The van der Waals surface area contributed by atoms with E-state index in [4.69, 9.17) is 4.74 Å². The number of hydrogen-bond acceptors (Lipinski definition) is 3. The van der Waals surface area contributed by atoms with Crippen LogP contribution in [0.4, 0.5) is 0 Å². The molecule has 1 aromatic heterocycles. The van der Waals surface area contributed by atoms with Crippen molar-refractivity contribution < 1.29 is 9.84 Å². The molecule has 0 spiro atoms. The van der Waals surface area contributed by atoms with Gasteiger partial charge in [-0.15, -0.1) is 0 Å². The normalized spacial score (nSPS) is 11.4. The van der Waals surface area contributed by atoms with E-state index in [1.165, 1.54) is 0 Å². The smallest absolute Gasteiger partial charge is 0.137 e. The van der Waals surface area contributed by atoms with Crippen LogP contribution in [0.5, 0.6) is 5.75 Å².